The molecule has 1 fully saturated rings. The first-order chi connectivity index (χ1) is 7.75. The molecule has 1 unspecified atom stereocenters. The summed E-state index contributed by atoms with van der Waals surface area (Å²) in [5.41, 5.74) is 1.15. The lowest BCUT2D eigenvalue weighted by Gasteiger charge is -2.26. The molecule has 0 aromatic heterocycles. The van der Waals surface area contributed by atoms with Crippen molar-refractivity contribution in [2.75, 3.05) is 0 Å². The van der Waals surface area contributed by atoms with Crippen molar-refractivity contribution in [2.45, 2.75) is 43.9 Å². The van der Waals surface area contributed by atoms with E-state index in [1.54, 1.807) is 0 Å². The van der Waals surface area contributed by atoms with Gasteiger partial charge in [-0.2, -0.15) is 0 Å². The molecule has 88 valence electrons. The number of rotatable bonds is 3. The van der Waals surface area contributed by atoms with Crippen LogP contribution in [0.3, 0.4) is 0 Å². The van der Waals surface area contributed by atoms with Crippen molar-refractivity contribution in [3.05, 3.63) is 35.6 Å². The summed E-state index contributed by atoms with van der Waals surface area (Å²) in [6.45, 7) is 0. The molecule has 0 aliphatic heterocycles. The lowest BCUT2D eigenvalue weighted by atomic mass is 9.85. The van der Waals surface area contributed by atoms with Gasteiger partial charge in [0.05, 0.1) is 0 Å². The maximum absolute atomic E-state index is 12.7. The summed E-state index contributed by atoms with van der Waals surface area (Å²) in [7, 11) is 0. The van der Waals surface area contributed by atoms with Gasteiger partial charge in [0.25, 0.3) is 0 Å². The summed E-state index contributed by atoms with van der Waals surface area (Å²) in [5.74, 6) is 0.480. The zero-order chi connectivity index (χ0) is 11.4. The van der Waals surface area contributed by atoms with Crippen molar-refractivity contribution in [2.24, 2.45) is 5.92 Å². The Morgan fingerprint density at radius 3 is 2.38 bits per heavy atom. The fraction of sp³-hybridized carbons (Fsp3) is 0.571. The quantitative estimate of drug-likeness (QED) is 0.680. The minimum atomic E-state index is -0.174. The second-order valence-corrected chi connectivity index (χ2v) is 5.31. The van der Waals surface area contributed by atoms with Crippen LogP contribution in [0, 0.1) is 11.7 Å². The predicted molar refractivity (Wildman–Crippen MR) is 66.3 cm³/mol. The Morgan fingerprint density at radius 2 is 1.75 bits per heavy atom. The Morgan fingerprint density at radius 1 is 1.12 bits per heavy atom. The third-order valence-electron chi connectivity index (χ3n) is 3.51. The Labute approximate surface area is 102 Å². The van der Waals surface area contributed by atoms with Crippen molar-refractivity contribution in [1.29, 1.82) is 0 Å². The first-order valence-corrected chi connectivity index (χ1v) is 6.58. The van der Waals surface area contributed by atoms with Gasteiger partial charge in [0.15, 0.2) is 0 Å². The van der Waals surface area contributed by atoms with Crippen LogP contribution in [0.1, 0.15) is 37.7 Å². The van der Waals surface area contributed by atoms with E-state index in [2.05, 4.69) is 0 Å². The molecule has 0 heterocycles. The van der Waals surface area contributed by atoms with E-state index in [1.165, 1.54) is 44.2 Å². The maximum Gasteiger partial charge on any atom is 0.123 e. The number of halogens is 2. The highest BCUT2D eigenvalue weighted by Gasteiger charge is 2.21. The van der Waals surface area contributed by atoms with E-state index >= 15 is 0 Å². The van der Waals surface area contributed by atoms with Crippen LogP contribution in [0.2, 0.25) is 0 Å². The van der Waals surface area contributed by atoms with Gasteiger partial charge in [-0.3, -0.25) is 0 Å². The minimum Gasteiger partial charge on any atom is -0.207 e. The van der Waals surface area contributed by atoms with E-state index in [0.717, 1.165) is 12.0 Å². The average molecular weight is 241 g/mol. The topological polar surface area (TPSA) is 0 Å². The van der Waals surface area contributed by atoms with Crippen molar-refractivity contribution >= 4 is 11.6 Å². The number of hydrogen-bond acceptors (Lipinski definition) is 0. The summed E-state index contributed by atoms with van der Waals surface area (Å²) >= 11 is 6.44. The molecule has 0 amide bonds. The Balaban J connectivity index is 1.90. The zero-order valence-corrected chi connectivity index (χ0v) is 10.2. The van der Waals surface area contributed by atoms with E-state index in [1.807, 2.05) is 12.1 Å². The largest absolute Gasteiger partial charge is 0.207 e. The predicted octanol–water partition coefficient (Wildman–Crippen LogP) is 4.56. The molecule has 1 saturated carbocycles. The lowest BCUT2D eigenvalue weighted by Crippen LogP contribution is -2.20. The molecule has 0 saturated heterocycles. The lowest BCUT2D eigenvalue weighted by molar-refractivity contribution is 0.344. The van der Waals surface area contributed by atoms with Crippen LogP contribution in [-0.4, -0.2) is 5.38 Å². The van der Waals surface area contributed by atoms with E-state index in [0.29, 0.717) is 5.92 Å². The van der Waals surface area contributed by atoms with Crippen molar-refractivity contribution < 1.29 is 4.39 Å². The van der Waals surface area contributed by atoms with Crippen LogP contribution < -0.4 is 0 Å². The number of hydrogen-bond donors (Lipinski definition) is 0. The Kier molecular flexibility index (Phi) is 4.22. The minimum absolute atomic E-state index is 0.174. The fourth-order valence-corrected chi connectivity index (χ4v) is 2.94. The van der Waals surface area contributed by atoms with Gasteiger partial charge in [-0.05, 0) is 42.9 Å². The highest BCUT2D eigenvalue weighted by molar-refractivity contribution is 6.20. The van der Waals surface area contributed by atoms with Crippen molar-refractivity contribution in [3.8, 4) is 0 Å². The average Bonchev–Trinajstić information content (AvgIpc) is 2.33. The third-order valence-corrected chi connectivity index (χ3v) is 4.02. The molecule has 0 spiro atoms. The Hall–Kier alpha value is -0.560. The molecule has 2 heteroatoms. The molecule has 16 heavy (non-hydrogen) atoms. The summed E-state index contributed by atoms with van der Waals surface area (Å²) in [5, 5.41) is 0.214. The van der Waals surface area contributed by atoms with Crippen molar-refractivity contribution in [1.82, 2.24) is 0 Å². The second-order valence-electron chi connectivity index (χ2n) is 4.74. The van der Waals surface area contributed by atoms with Crippen LogP contribution in [0.5, 0.6) is 0 Å². The van der Waals surface area contributed by atoms with Gasteiger partial charge in [-0.1, -0.05) is 31.4 Å². The molecule has 2 rings (SSSR count). The third kappa shape index (κ3) is 3.21. The molecular weight excluding hydrogens is 223 g/mol. The highest BCUT2D eigenvalue weighted by atomic mass is 35.5. The van der Waals surface area contributed by atoms with Gasteiger partial charge in [-0.15, -0.1) is 11.6 Å². The van der Waals surface area contributed by atoms with Crippen LogP contribution >= 0.6 is 11.6 Å². The first kappa shape index (κ1) is 11.9. The zero-order valence-electron chi connectivity index (χ0n) is 9.46. The number of alkyl halides is 1. The molecule has 1 atom stereocenters. The first-order valence-electron chi connectivity index (χ1n) is 6.14. The van der Waals surface area contributed by atoms with Crippen LogP contribution in [-0.2, 0) is 6.42 Å². The van der Waals surface area contributed by atoms with Crippen LogP contribution in [0.25, 0.3) is 0 Å². The standard InChI is InChI=1S/C14H18ClF/c15-14(12-4-2-1-3-5-12)10-11-6-8-13(16)9-7-11/h6-9,12,14H,1-5,10H2. The molecule has 0 radical (unpaired) electrons. The van der Waals surface area contributed by atoms with Gasteiger partial charge >= 0.3 is 0 Å². The van der Waals surface area contributed by atoms with E-state index in [4.69, 9.17) is 11.6 Å². The van der Waals surface area contributed by atoms with Gasteiger partial charge in [0.1, 0.15) is 5.82 Å². The Bertz CT molecular complexity index is 314. The van der Waals surface area contributed by atoms with Gasteiger partial charge in [-0.25, -0.2) is 4.39 Å². The van der Waals surface area contributed by atoms with Crippen LogP contribution in [0.4, 0.5) is 4.39 Å². The van der Waals surface area contributed by atoms with Crippen LogP contribution in [0.15, 0.2) is 24.3 Å². The smallest absolute Gasteiger partial charge is 0.123 e. The maximum atomic E-state index is 12.7. The molecule has 0 nitrogen and oxygen atoms in total. The molecule has 0 bridgehead atoms. The van der Waals surface area contributed by atoms with Gasteiger partial charge in [0.2, 0.25) is 0 Å². The molecule has 0 N–H and O–H groups in total. The van der Waals surface area contributed by atoms with E-state index in [9.17, 15) is 4.39 Å². The molecule has 1 aliphatic carbocycles. The molecule has 1 aliphatic rings. The fourth-order valence-electron chi connectivity index (χ4n) is 2.51. The van der Waals surface area contributed by atoms with E-state index in [-0.39, 0.29) is 11.2 Å². The molecule has 1 aromatic rings. The number of benzene rings is 1. The summed E-state index contributed by atoms with van der Waals surface area (Å²) < 4.78 is 12.7. The summed E-state index contributed by atoms with van der Waals surface area (Å²) in [4.78, 5) is 0. The van der Waals surface area contributed by atoms with Crippen molar-refractivity contribution in [3.63, 3.8) is 0 Å². The van der Waals surface area contributed by atoms with Gasteiger partial charge < -0.3 is 0 Å². The monoisotopic (exact) mass is 240 g/mol. The summed E-state index contributed by atoms with van der Waals surface area (Å²) in [6.07, 6.45) is 7.38. The normalized spacial score (nSPS) is 19.6. The highest BCUT2D eigenvalue weighted by Crippen LogP contribution is 2.30. The van der Waals surface area contributed by atoms with Gasteiger partial charge in [0, 0.05) is 5.38 Å². The van der Waals surface area contributed by atoms with E-state index < -0.39 is 0 Å². The SMILES string of the molecule is Fc1ccc(CC(Cl)C2CCCCC2)cc1. The summed E-state index contributed by atoms with van der Waals surface area (Å²) in [6, 6.07) is 6.71. The molecule has 1 aromatic carbocycles. The molecular formula is C14H18ClF. The second kappa shape index (κ2) is 5.67.